The molecule has 0 radical (unpaired) electrons. The highest BCUT2D eigenvalue weighted by molar-refractivity contribution is 5.94. The van der Waals surface area contributed by atoms with Crippen LogP contribution in [0.2, 0.25) is 0 Å². The van der Waals surface area contributed by atoms with Crippen molar-refractivity contribution in [3.63, 3.8) is 0 Å². The average Bonchev–Trinajstić information content (AvgIpc) is 2.62. The summed E-state index contributed by atoms with van der Waals surface area (Å²) in [5.74, 6) is -0.395. The van der Waals surface area contributed by atoms with Crippen molar-refractivity contribution in [2.45, 2.75) is 32.1 Å². The van der Waals surface area contributed by atoms with Crippen molar-refractivity contribution in [1.82, 2.24) is 4.90 Å². The summed E-state index contributed by atoms with van der Waals surface area (Å²) < 4.78 is 5.06. The molecule has 2 atom stereocenters. The molecule has 0 aliphatic carbocycles. The normalized spacial score (nSPS) is 23.2. The molecule has 1 aromatic carbocycles. The molecule has 1 aliphatic rings. The summed E-state index contributed by atoms with van der Waals surface area (Å²) in [6, 6.07) is 8.69. The molecule has 2 amide bonds. The molecule has 0 spiro atoms. The number of aliphatic hydroxyl groups excluding tert-OH is 1. The molecule has 1 fully saturated rings. The van der Waals surface area contributed by atoms with E-state index in [-0.39, 0.29) is 13.0 Å². The van der Waals surface area contributed by atoms with Crippen molar-refractivity contribution in [3.05, 3.63) is 35.9 Å². The zero-order valence-corrected chi connectivity index (χ0v) is 10.1. The highest BCUT2D eigenvalue weighted by Crippen LogP contribution is 2.20. The Morgan fingerprint density at radius 2 is 2.11 bits per heavy atom. The number of carbonyl (C=O) groups is 2. The zero-order valence-electron chi connectivity index (χ0n) is 10.1. The van der Waals surface area contributed by atoms with Crippen LogP contribution in [0.4, 0.5) is 4.79 Å². The molecule has 96 valence electrons. The van der Waals surface area contributed by atoms with Crippen molar-refractivity contribution in [2.24, 2.45) is 0 Å². The van der Waals surface area contributed by atoms with E-state index < -0.39 is 24.1 Å². The smallest absolute Gasteiger partial charge is 0.417 e. The Morgan fingerprint density at radius 1 is 1.44 bits per heavy atom. The van der Waals surface area contributed by atoms with Crippen LogP contribution in [0.5, 0.6) is 0 Å². The summed E-state index contributed by atoms with van der Waals surface area (Å²) >= 11 is 0. The van der Waals surface area contributed by atoms with Crippen LogP contribution < -0.4 is 0 Å². The number of rotatable bonds is 2. The van der Waals surface area contributed by atoms with Gasteiger partial charge in [-0.1, -0.05) is 30.3 Å². The number of likely N-dealkylation sites (tertiary alicyclic amines) is 1. The van der Waals surface area contributed by atoms with Crippen molar-refractivity contribution < 1.29 is 19.4 Å². The summed E-state index contributed by atoms with van der Waals surface area (Å²) in [5.41, 5.74) is 0.852. The molecule has 1 heterocycles. The monoisotopic (exact) mass is 249 g/mol. The number of hydrogen-bond donors (Lipinski definition) is 1. The second-order valence-corrected chi connectivity index (χ2v) is 4.32. The molecule has 0 bridgehead atoms. The quantitative estimate of drug-likeness (QED) is 0.858. The number of carbonyl (C=O) groups excluding carboxylic acids is 2. The standard InChI is InChI=1S/C13H15NO4/c1-9-11(15)7-12(16)14(9)13(17)18-8-10-5-3-2-4-6-10/h2-6,9,11,15H,7-8H2,1H3/t9-,11+/m0/s1. The molecule has 2 rings (SSSR count). The SMILES string of the molecule is C[C@H]1[C@H](O)CC(=O)N1C(=O)OCc1ccccc1. The number of ether oxygens (including phenoxy) is 1. The number of aliphatic hydroxyl groups is 1. The Morgan fingerprint density at radius 3 is 2.67 bits per heavy atom. The van der Waals surface area contributed by atoms with Crippen LogP contribution in [-0.2, 0) is 16.1 Å². The Balaban J connectivity index is 1.94. The van der Waals surface area contributed by atoms with Gasteiger partial charge in [-0.3, -0.25) is 4.79 Å². The molecule has 5 heteroatoms. The van der Waals surface area contributed by atoms with E-state index in [2.05, 4.69) is 0 Å². The molecule has 1 aromatic rings. The first-order chi connectivity index (χ1) is 8.59. The second kappa shape index (κ2) is 5.18. The first-order valence-electron chi connectivity index (χ1n) is 5.80. The third-order valence-electron chi connectivity index (χ3n) is 3.02. The van der Waals surface area contributed by atoms with Crippen LogP contribution in [-0.4, -0.2) is 34.2 Å². The van der Waals surface area contributed by atoms with E-state index in [0.29, 0.717) is 0 Å². The van der Waals surface area contributed by atoms with Gasteiger partial charge < -0.3 is 9.84 Å². The van der Waals surface area contributed by atoms with Gasteiger partial charge in [-0.05, 0) is 12.5 Å². The number of hydrogen-bond acceptors (Lipinski definition) is 4. The highest BCUT2D eigenvalue weighted by Gasteiger charge is 2.40. The Bertz CT molecular complexity index is 446. The third kappa shape index (κ3) is 2.51. The first kappa shape index (κ1) is 12.6. The van der Waals surface area contributed by atoms with Gasteiger partial charge >= 0.3 is 6.09 Å². The second-order valence-electron chi connectivity index (χ2n) is 4.32. The van der Waals surface area contributed by atoms with Crippen LogP contribution in [0.3, 0.4) is 0 Å². The van der Waals surface area contributed by atoms with Crippen molar-refractivity contribution >= 4 is 12.0 Å². The third-order valence-corrected chi connectivity index (χ3v) is 3.02. The van der Waals surface area contributed by atoms with Crippen molar-refractivity contribution in [3.8, 4) is 0 Å². The van der Waals surface area contributed by atoms with Gasteiger partial charge in [0.1, 0.15) is 6.61 Å². The maximum atomic E-state index is 11.8. The topological polar surface area (TPSA) is 66.8 Å². The van der Waals surface area contributed by atoms with Crippen molar-refractivity contribution in [1.29, 1.82) is 0 Å². The van der Waals surface area contributed by atoms with Gasteiger partial charge in [0.2, 0.25) is 5.91 Å². The van der Waals surface area contributed by atoms with Crippen LogP contribution in [0.15, 0.2) is 30.3 Å². The van der Waals surface area contributed by atoms with Gasteiger partial charge in [0.25, 0.3) is 0 Å². The zero-order chi connectivity index (χ0) is 13.1. The van der Waals surface area contributed by atoms with E-state index >= 15 is 0 Å². The lowest BCUT2D eigenvalue weighted by atomic mass is 10.2. The molecule has 1 N–H and O–H groups in total. The molecular formula is C13H15NO4. The highest BCUT2D eigenvalue weighted by atomic mass is 16.6. The fourth-order valence-electron chi connectivity index (χ4n) is 1.90. The summed E-state index contributed by atoms with van der Waals surface area (Å²) in [7, 11) is 0. The van der Waals surface area contributed by atoms with Crippen LogP contribution in [0.1, 0.15) is 18.9 Å². The average molecular weight is 249 g/mol. The minimum absolute atomic E-state index is 0.0262. The van der Waals surface area contributed by atoms with E-state index in [1.807, 2.05) is 30.3 Å². The number of nitrogens with zero attached hydrogens (tertiary/aromatic N) is 1. The Labute approximate surface area is 105 Å². The lowest BCUT2D eigenvalue weighted by Gasteiger charge is -2.20. The summed E-state index contributed by atoms with van der Waals surface area (Å²) in [4.78, 5) is 24.2. The predicted molar refractivity (Wildman–Crippen MR) is 63.6 cm³/mol. The number of amides is 2. The van der Waals surface area contributed by atoms with Gasteiger partial charge in [-0.25, -0.2) is 9.69 Å². The molecule has 0 unspecified atom stereocenters. The van der Waals surface area contributed by atoms with Crippen LogP contribution >= 0.6 is 0 Å². The van der Waals surface area contributed by atoms with Crippen LogP contribution in [0, 0.1) is 0 Å². The largest absolute Gasteiger partial charge is 0.444 e. The first-order valence-corrected chi connectivity index (χ1v) is 5.80. The number of imide groups is 1. The Kier molecular flexibility index (Phi) is 3.62. The summed E-state index contributed by atoms with van der Waals surface area (Å²) in [6.07, 6.45) is -1.53. The van der Waals surface area contributed by atoms with E-state index in [9.17, 15) is 14.7 Å². The number of benzene rings is 1. The summed E-state index contributed by atoms with van der Waals surface area (Å²) in [6.45, 7) is 1.74. The molecule has 0 saturated carbocycles. The molecular weight excluding hydrogens is 234 g/mol. The molecule has 1 saturated heterocycles. The van der Waals surface area contributed by atoms with Gasteiger partial charge in [-0.2, -0.15) is 0 Å². The maximum Gasteiger partial charge on any atom is 0.417 e. The van der Waals surface area contributed by atoms with Gasteiger partial charge in [-0.15, -0.1) is 0 Å². The van der Waals surface area contributed by atoms with E-state index in [1.165, 1.54) is 0 Å². The van der Waals surface area contributed by atoms with E-state index in [1.54, 1.807) is 6.92 Å². The van der Waals surface area contributed by atoms with Gasteiger partial charge in [0.15, 0.2) is 0 Å². The fourth-order valence-corrected chi connectivity index (χ4v) is 1.90. The van der Waals surface area contributed by atoms with Crippen molar-refractivity contribution in [2.75, 3.05) is 0 Å². The van der Waals surface area contributed by atoms with E-state index in [4.69, 9.17) is 4.74 Å². The summed E-state index contributed by atoms with van der Waals surface area (Å²) in [5, 5.41) is 9.50. The van der Waals surface area contributed by atoms with Gasteiger partial charge in [0, 0.05) is 0 Å². The van der Waals surface area contributed by atoms with E-state index in [0.717, 1.165) is 10.5 Å². The molecule has 18 heavy (non-hydrogen) atoms. The fraction of sp³-hybridized carbons (Fsp3) is 0.385. The lowest BCUT2D eigenvalue weighted by Crippen LogP contribution is -2.39. The lowest BCUT2D eigenvalue weighted by molar-refractivity contribution is -0.127. The molecule has 1 aliphatic heterocycles. The molecule has 5 nitrogen and oxygen atoms in total. The predicted octanol–water partition coefficient (Wildman–Crippen LogP) is 1.30. The minimum atomic E-state index is -0.804. The van der Waals surface area contributed by atoms with Gasteiger partial charge in [0.05, 0.1) is 18.6 Å². The minimum Gasteiger partial charge on any atom is -0.444 e. The Hall–Kier alpha value is -1.88. The molecule has 0 aromatic heterocycles. The van der Waals surface area contributed by atoms with Crippen LogP contribution in [0.25, 0.3) is 0 Å². The maximum absolute atomic E-state index is 11.8.